The van der Waals surface area contributed by atoms with Gasteiger partial charge < -0.3 is 14.7 Å². The number of para-hydroxylation sites is 1. The summed E-state index contributed by atoms with van der Waals surface area (Å²) in [5.41, 5.74) is 0.991. The fraction of sp³-hybridized carbons (Fsp3) is 0.467. The van der Waals surface area contributed by atoms with Gasteiger partial charge in [0.25, 0.3) is 5.91 Å². The molecular weight excluding hydrogens is 258 g/mol. The number of carbonyl (C=O) groups is 2. The molecule has 0 aromatic heterocycles. The molecule has 0 aliphatic carbocycles. The molecule has 0 spiro atoms. The Morgan fingerprint density at radius 3 is 2.85 bits per heavy atom. The fourth-order valence-electron chi connectivity index (χ4n) is 2.42. The van der Waals surface area contributed by atoms with Gasteiger partial charge in [0.2, 0.25) is 0 Å². The highest BCUT2D eigenvalue weighted by molar-refractivity contribution is 5.78. The van der Waals surface area contributed by atoms with Crippen LogP contribution in [0.2, 0.25) is 0 Å². The van der Waals surface area contributed by atoms with Crippen molar-refractivity contribution in [1.82, 2.24) is 4.90 Å². The van der Waals surface area contributed by atoms with Gasteiger partial charge in [-0.1, -0.05) is 18.2 Å². The van der Waals surface area contributed by atoms with Crippen molar-refractivity contribution in [1.29, 1.82) is 0 Å². The van der Waals surface area contributed by atoms with Crippen molar-refractivity contribution >= 4 is 11.9 Å². The molecule has 2 rings (SSSR count). The quantitative estimate of drug-likeness (QED) is 0.889. The number of carboxylic acid groups (broad SMARTS) is 1. The monoisotopic (exact) mass is 277 g/mol. The number of hydrogen-bond donors (Lipinski definition) is 1. The van der Waals surface area contributed by atoms with E-state index in [0.29, 0.717) is 18.8 Å². The Kier molecular flexibility index (Phi) is 4.61. The van der Waals surface area contributed by atoms with Crippen molar-refractivity contribution in [3.8, 4) is 5.75 Å². The predicted molar refractivity (Wildman–Crippen MR) is 73.6 cm³/mol. The van der Waals surface area contributed by atoms with Crippen LogP contribution in [0.3, 0.4) is 0 Å². The second-order valence-corrected chi connectivity index (χ2v) is 5.15. The lowest BCUT2D eigenvalue weighted by molar-refractivity contribution is -0.138. The minimum atomic E-state index is -0.805. The van der Waals surface area contributed by atoms with Gasteiger partial charge in [0.05, 0.1) is 0 Å². The number of rotatable bonds is 5. The van der Waals surface area contributed by atoms with Crippen LogP contribution in [0.5, 0.6) is 5.75 Å². The van der Waals surface area contributed by atoms with Crippen molar-refractivity contribution < 1.29 is 19.4 Å². The van der Waals surface area contributed by atoms with Crippen LogP contribution >= 0.6 is 0 Å². The lowest BCUT2D eigenvalue weighted by Crippen LogP contribution is -2.33. The van der Waals surface area contributed by atoms with E-state index in [-0.39, 0.29) is 24.9 Å². The van der Waals surface area contributed by atoms with Crippen molar-refractivity contribution in [3.05, 3.63) is 29.8 Å². The van der Waals surface area contributed by atoms with Gasteiger partial charge in [0.15, 0.2) is 6.61 Å². The van der Waals surface area contributed by atoms with Crippen molar-refractivity contribution in [2.75, 3.05) is 19.7 Å². The number of amides is 1. The summed E-state index contributed by atoms with van der Waals surface area (Å²) in [6.45, 7) is 3.07. The molecule has 108 valence electrons. The van der Waals surface area contributed by atoms with Gasteiger partial charge in [-0.25, -0.2) is 0 Å². The van der Waals surface area contributed by atoms with E-state index in [1.165, 1.54) is 0 Å². The molecule has 5 nitrogen and oxygen atoms in total. The highest BCUT2D eigenvalue weighted by Crippen LogP contribution is 2.20. The summed E-state index contributed by atoms with van der Waals surface area (Å²) in [6.07, 6.45) is 0.880. The zero-order chi connectivity index (χ0) is 14.5. The topological polar surface area (TPSA) is 66.8 Å². The van der Waals surface area contributed by atoms with Gasteiger partial charge >= 0.3 is 5.97 Å². The van der Waals surface area contributed by atoms with E-state index in [9.17, 15) is 9.59 Å². The normalized spacial score (nSPS) is 18.1. The molecule has 0 bridgehead atoms. The Labute approximate surface area is 118 Å². The largest absolute Gasteiger partial charge is 0.484 e. The van der Waals surface area contributed by atoms with Gasteiger partial charge in [-0.2, -0.15) is 0 Å². The zero-order valence-electron chi connectivity index (χ0n) is 11.5. The highest BCUT2D eigenvalue weighted by atomic mass is 16.5. The first kappa shape index (κ1) is 14.4. The molecule has 1 unspecified atom stereocenters. The van der Waals surface area contributed by atoms with Crippen LogP contribution in [-0.4, -0.2) is 41.6 Å². The van der Waals surface area contributed by atoms with E-state index in [1.807, 2.05) is 31.2 Å². The zero-order valence-corrected chi connectivity index (χ0v) is 11.5. The van der Waals surface area contributed by atoms with E-state index >= 15 is 0 Å². The lowest BCUT2D eigenvalue weighted by atomic mass is 10.1. The Balaban J connectivity index is 1.81. The second-order valence-electron chi connectivity index (χ2n) is 5.15. The number of ether oxygens (including phenoxy) is 1. The minimum Gasteiger partial charge on any atom is -0.484 e. The Morgan fingerprint density at radius 2 is 2.15 bits per heavy atom. The van der Waals surface area contributed by atoms with Crippen LogP contribution in [0.4, 0.5) is 0 Å². The molecule has 1 aliphatic rings. The summed E-state index contributed by atoms with van der Waals surface area (Å²) in [5, 5.41) is 8.75. The third-order valence-corrected chi connectivity index (χ3v) is 3.55. The second kappa shape index (κ2) is 6.41. The number of carboxylic acids is 1. The average Bonchev–Trinajstić information content (AvgIpc) is 2.85. The fourth-order valence-corrected chi connectivity index (χ4v) is 2.42. The first-order valence-corrected chi connectivity index (χ1v) is 6.74. The molecule has 1 amide bonds. The number of benzene rings is 1. The van der Waals surface area contributed by atoms with Crippen LogP contribution < -0.4 is 4.74 Å². The van der Waals surface area contributed by atoms with Crippen molar-refractivity contribution in [3.63, 3.8) is 0 Å². The lowest BCUT2D eigenvalue weighted by Gasteiger charge is -2.17. The van der Waals surface area contributed by atoms with E-state index in [0.717, 1.165) is 12.0 Å². The number of nitrogens with zero attached hydrogens (tertiary/aromatic N) is 1. The summed E-state index contributed by atoms with van der Waals surface area (Å²) < 4.78 is 5.52. The molecule has 1 heterocycles. The maximum Gasteiger partial charge on any atom is 0.303 e. The molecule has 1 N–H and O–H groups in total. The SMILES string of the molecule is Cc1ccccc1OCC(=O)N1CCC(CC(=O)O)C1. The molecule has 0 saturated carbocycles. The molecular formula is C15H19NO4. The molecule has 1 saturated heterocycles. The Morgan fingerprint density at radius 1 is 1.40 bits per heavy atom. The van der Waals surface area contributed by atoms with Gasteiger partial charge in [-0.3, -0.25) is 9.59 Å². The molecule has 1 aromatic rings. The number of likely N-dealkylation sites (tertiary alicyclic amines) is 1. The van der Waals surface area contributed by atoms with Crippen LogP contribution in [0.15, 0.2) is 24.3 Å². The van der Waals surface area contributed by atoms with E-state index in [2.05, 4.69) is 0 Å². The molecule has 0 radical (unpaired) electrons. The molecule has 1 aliphatic heterocycles. The number of hydrogen-bond acceptors (Lipinski definition) is 3. The van der Waals surface area contributed by atoms with Gasteiger partial charge in [-0.05, 0) is 30.9 Å². The summed E-state index contributed by atoms with van der Waals surface area (Å²) >= 11 is 0. The van der Waals surface area contributed by atoms with Crippen LogP contribution in [0.1, 0.15) is 18.4 Å². The maximum absolute atomic E-state index is 12.0. The number of carbonyl (C=O) groups excluding carboxylic acids is 1. The minimum absolute atomic E-state index is 0.00461. The van der Waals surface area contributed by atoms with Crippen molar-refractivity contribution in [2.24, 2.45) is 5.92 Å². The molecule has 20 heavy (non-hydrogen) atoms. The number of aryl methyl sites for hydroxylation is 1. The van der Waals surface area contributed by atoms with Crippen LogP contribution in [0.25, 0.3) is 0 Å². The molecule has 5 heteroatoms. The van der Waals surface area contributed by atoms with Gasteiger partial charge in [0, 0.05) is 19.5 Å². The van der Waals surface area contributed by atoms with Gasteiger partial charge in [-0.15, -0.1) is 0 Å². The van der Waals surface area contributed by atoms with E-state index in [4.69, 9.17) is 9.84 Å². The highest BCUT2D eigenvalue weighted by Gasteiger charge is 2.27. The summed E-state index contributed by atoms with van der Waals surface area (Å²) in [4.78, 5) is 24.4. The standard InChI is InChI=1S/C15H19NO4/c1-11-4-2-3-5-13(11)20-10-14(17)16-7-6-12(9-16)8-15(18)19/h2-5,12H,6-10H2,1H3,(H,18,19). The summed E-state index contributed by atoms with van der Waals surface area (Å²) in [6, 6.07) is 7.55. The van der Waals surface area contributed by atoms with Gasteiger partial charge in [0.1, 0.15) is 5.75 Å². The van der Waals surface area contributed by atoms with Crippen molar-refractivity contribution in [2.45, 2.75) is 19.8 Å². The summed E-state index contributed by atoms with van der Waals surface area (Å²) in [5.74, 6) is -0.112. The first-order chi connectivity index (χ1) is 9.56. The first-order valence-electron chi connectivity index (χ1n) is 6.74. The maximum atomic E-state index is 12.0. The van der Waals surface area contributed by atoms with E-state index < -0.39 is 5.97 Å². The third kappa shape index (κ3) is 3.73. The van der Waals surface area contributed by atoms with Crippen LogP contribution in [0, 0.1) is 12.8 Å². The Hall–Kier alpha value is -2.04. The average molecular weight is 277 g/mol. The van der Waals surface area contributed by atoms with E-state index in [1.54, 1.807) is 4.90 Å². The smallest absolute Gasteiger partial charge is 0.303 e. The third-order valence-electron chi connectivity index (χ3n) is 3.55. The molecule has 1 fully saturated rings. The summed E-state index contributed by atoms with van der Waals surface area (Å²) in [7, 11) is 0. The van der Waals surface area contributed by atoms with Crippen LogP contribution in [-0.2, 0) is 9.59 Å². The molecule has 1 aromatic carbocycles. The number of aliphatic carboxylic acids is 1. The molecule has 1 atom stereocenters. The Bertz CT molecular complexity index is 500. The predicted octanol–water partition coefficient (Wildman–Crippen LogP) is 1.70.